The third kappa shape index (κ3) is 2.14. The number of aromatic nitrogens is 2. The van der Waals surface area contributed by atoms with Gasteiger partial charge in [-0.3, -0.25) is 0 Å². The van der Waals surface area contributed by atoms with E-state index in [1.807, 2.05) is 47.2 Å². The van der Waals surface area contributed by atoms with E-state index in [0.717, 1.165) is 21.8 Å². The number of hydrogen-bond donors (Lipinski definition) is 1. The molecule has 0 aliphatic heterocycles. The number of nitrogens with zero attached hydrogens (tertiary/aromatic N) is 2. The number of pyridine rings is 1. The van der Waals surface area contributed by atoms with Crippen LogP contribution in [0, 0.1) is 0 Å². The predicted octanol–water partition coefficient (Wildman–Crippen LogP) is 3.29. The van der Waals surface area contributed by atoms with E-state index in [1.54, 1.807) is 11.3 Å². The Labute approximate surface area is 114 Å². The van der Waals surface area contributed by atoms with Gasteiger partial charge in [-0.2, -0.15) is 5.10 Å². The quantitative estimate of drug-likeness (QED) is 0.798. The Morgan fingerprint density at radius 2 is 2.22 bits per heavy atom. The lowest BCUT2D eigenvalue weighted by Gasteiger charge is -2.08. The summed E-state index contributed by atoms with van der Waals surface area (Å²) < 4.78 is 2.65. The molecule has 0 amide bonds. The van der Waals surface area contributed by atoms with E-state index in [9.17, 15) is 0 Å². The van der Waals surface area contributed by atoms with Gasteiger partial charge in [0.15, 0.2) is 0 Å². The normalized spacial score (nSPS) is 13.0. The smallest absolute Gasteiger partial charge is 0.0931 e. The molecule has 0 fully saturated rings. The van der Waals surface area contributed by atoms with E-state index in [0.29, 0.717) is 0 Å². The average molecular weight is 278 g/mol. The molecular formula is C13H12ClN3S. The molecule has 3 heterocycles. The molecule has 0 bridgehead atoms. The van der Waals surface area contributed by atoms with Gasteiger partial charge in [0.25, 0.3) is 0 Å². The summed E-state index contributed by atoms with van der Waals surface area (Å²) in [5.41, 5.74) is 8.39. The van der Waals surface area contributed by atoms with Crippen molar-refractivity contribution in [1.29, 1.82) is 0 Å². The molecule has 0 spiro atoms. The first-order valence-electron chi connectivity index (χ1n) is 5.66. The molecule has 3 aromatic rings. The SMILES string of the molecule is NC(Cc1ccc(Cl)s1)c1cnn2ccccc12. The Morgan fingerprint density at radius 1 is 1.33 bits per heavy atom. The van der Waals surface area contributed by atoms with Crippen molar-refractivity contribution in [3.8, 4) is 0 Å². The fourth-order valence-corrected chi connectivity index (χ4v) is 3.17. The van der Waals surface area contributed by atoms with Gasteiger partial charge in [-0.25, -0.2) is 4.52 Å². The summed E-state index contributed by atoms with van der Waals surface area (Å²) in [7, 11) is 0. The molecule has 1 atom stereocenters. The topological polar surface area (TPSA) is 43.3 Å². The Bertz CT molecular complexity index is 673. The molecule has 0 saturated heterocycles. The number of thiophene rings is 1. The molecule has 0 aromatic carbocycles. The standard InChI is InChI=1S/C13H12ClN3S/c14-13-5-4-9(18-13)7-11(15)10-8-16-17-6-2-1-3-12(10)17/h1-6,8,11H,7,15H2. The van der Waals surface area contributed by atoms with E-state index < -0.39 is 0 Å². The fraction of sp³-hybridized carbons (Fsp3) is 0.154. The summed E-state index contributed by atoms with van der Waals surface area (Å²) >= 11 is 7.50. The van der Waals surface area contributed by atoms with Gasteiger partial charge in [0.1, 0.15) is 0 Å². The summed E-state index contributed by atoms with van der Waals surface area (Å²) in [5, 5.41) is 4.30. The van der Waals surface area contributed by atoms with E-state index in [1.165, 1.54) is 4.88 Å². The lowest BCUT2D eigenvalue weighted by atomic mass is 10.1. The average Bonchev–Trinajstić information content (AvgIpc) is 2.95. The zero-order valence-electron chi connectivity index (χ0n) is 9.58. The first-order chi connectivity index (χ1) is 8.74. The van der Waals surface area contributed by atoms with Crippen molar-refractivity contribution in [3.05, 3.63) is 57.5 Å². The van der Waals surface area contributed by atoms with Gasteiger partial charge in [0.05, 0.1) is 16.0 Å². The first kappa shape index (κ1) is 11.7. The van der Waals surface area contributed by atoms with Gasteiger partial charge in [-0.15, -0.1) is 11.3 Å². The van der Waals surface area contributed by atoms with E-state index in [-0.39, 0.29) is 6.04 Å². The number of rotatable bonds is 3. The predicted molar refractivity (Wildman–Crippen MR) is 75.2 cm³/mol. The molecule has 3 nitrogen and oxygen atoms in total. The van der Waals surface area contributed by atoms with Gasteiger partial charge >= 0.3 is 0 Å². The molecular weight excluding hydrogens is 266 g/mol. The first-order valence-corrected chi connectivity index (χ1v) is 6.85. The summed E-state index contributed by atoms with van der Waals surface area (Å²) in [4.78, 5) is 1.20. The van der Waals surface area contributed by atoms with Crippen molar-refractivity contribution >= 4 is 28.5 Å². The van der Waals surface area contributed by atoms with Crippen molar-refractivity contribution in [2.24, 2.45) is 5.73 Å². The summed E-state index contributed by atoms with van der Waals surface area (Å²) in [5.74, 6) is 0. The molecule has 0 aliphatic rings. The maximum Gasteiger partial charge on any atom is 0.0931 e. The zero-order valence-corrected chi connectivity index (χ0v) is 11.2. The van der Waals surface area contributed by atoms with Gasteiger partial charge < -0.3 is 5.73 Å². The minimum Gasteiger partial charge on any atom is -0.324 e. The molecule has 3 rings (SSSR count). The van der Waals surface area contributed by atoms with Gasteiger partial charge in [-0.05, 0) is 24.3 Å². The molecule has 0 radical (unpaired) electrons. The molecule has 5 heteroatoms. The zero-order chi connectivity index (χ0) is 12.5. The van der Waals surface area contributed by atoms with Crippen molar-refractivity contribution < 1.29 is 0 Å². The Hall–Kier alpha value is -1.36. The molecule has 3 aromatic heterocycles. The molecule has 1 unspecified atom stereocenters. The van der Waals surface area contributed by atoms with Crippen LogP contribution in [-0.4, -0.2) is 9.61 Å². The third-order valence-electron chi connectivity index (χ3n) is 2.91. The van der Waals surface area contributed by atoms with E-state index in [2.05, 4.69) is 5.10 Å². The maximum atomic E-state index is 6.26. The molecule has 0 aliphatic carbocycles. The van der Waals surface area contributed by atoms with Crippen molar-refractivity contribution in [3.63, 3.8) is 0 Å². The van der Waals surface area contributed by atoms with E-state index in [4.69, 9.17) is 17.3 Å². The number of hydrogen-bond acceptors (Lipinski definition) is 3. The van der Waals surface area contributed by atoms with Crippen LogP contribution < -0.4 is 5.73 Å². The van der Waals surface area contributed by atoms with Gasteiger partial charge in [-0.1, -0.05) is 17.7 Å². The summed E-state index contributed by atoms with van der Waals surface area (Å²) in [6, 6.07) is 9.86. The lowest BCUT2D eigenvalue weighted by molar-refractivity contribution is 0.736. The van der Waals surface area contributed by atoms with Gasteiger partial charge in [0, 0.05) is 29.1 Å². The highest BCUT2D eigenvalue weighted by Crippen LogP contribution is 2.27. The Morgan fingerprint density at radius 3 is 3.00 bits per heavy atom. The highest BCUT2D eigenvalue weighted by molar-refractivity contribution is 7.16. The molecule has 2 N–H and O–H groups in total. The van der Waals surface area contributed by atoms with Crippen LogP contribution in [-0.2, 0) is 6.42 Å². The Balaban J connectivity index is 1.90. The second kappa shape index (κ2) is 4.72. The summed E-state index contributed by atoms with van der Waals surface area (Å²) in [6.45, 7) is 0. The van der Waals surface area contributed by atoms with Crippen LogP contribution in [0.2, 0.25) is 4.34 Å². The minimum atomic E-state index is -0.0559. The van der Waals surface area contributed by atoms with Crippen LogP contribution in [0.25, 0.3) is 5.52 Å². The second-order valence-electron chi connectivity index (χ2n) is 4.15. The van der Waals surface area contributed by atoms with Crippen LogP contribution >= 0.6 is 22.9 Å². The van der Waals surface area contributed by atoms with Crippen molar-refractivity contribution in [1.82, 2.24) is 9.61 Å². The number of nitrogens with two attached hydrogens (primary N) is 1. The fourth-order valence-electron chi connectivity index (χ4n) is 2.03. The molecule has 0 saturated carbocycles. The van der Waals surface area contributed by atoms with Crippen LogP contribution in [0.5, 0.6) is 0 Å². The number of fused-ring (bicyclic) bond motifs is 1. The van der Waals surface area contributed by atoms with Crippen LogP contribution in [0.15, 0.2) is 42.7 Å². The van der Waals surface area contributed by atoms with Crippen LogP contribution in [0.1, 0.15) is 16.5 Å². The third-order valence-corrected chi connectivity index (χ3v) is 4.16. The number of halogens is 1. The maximum absolute atomic E-state index is 6.26. The molecule has 92 valence electrons. The van der Waals surface area contributed by atoms with Gasteiger partial charge in [0.2, 0.25) is 0 Å². The largest absolute Gasteiger partial charge is 0.324 e. The Kier molecular flexibility index (Phi) is 3.07. The van der Waals surface area contributed by atoms with Crippen molar-refractivity contribution in [2.45, 2.75) is 12.5 Å². The monoisotopic (exact) mass is 277 g/mol. The van der Waals surface area contributed by atoms with Crippen LogP contribution in [0.4, 0.5) is 0 Å². The highest BCUT2D eigenvalue weighted by atomic mass is 35.5. The highest BCUT2D eigenvalue weighted by Gasteiger charge is 2.13. The van der Waals surface area contributed by atoms with Crippen molar-refractivity contribution in [2.75, 3.05) is 0 Å². The second-order valence-corrected chi connectivity index (χ2v) is 5.95. The minimum absolute atomic E-state index is 0.0559. The molecule has 18 heavy (non-hydrogen) atoms. The lowest BCUT2D eigenvalue weighted by Crippen LogP contribution is -2.12. The van der Waals surface area contributed by atoms with E-state index >= 15 is 0 Å². The summed E-state index contributed by atoms with van der Waals surface area (Å²) in [6.07, 6.45) is 4.55. The van der Waals surface area contributed by atoms with Crippen LogP contribution in [0.3, 0.4) is 0 Å².